The molecule has 3 rings (SSSR count). The number of carbonyl (C=O) groups is 1. The van der Waals surface area contributed by atoms with E-state index in [4.69, 9.17) is 16.3 Å². The van der Waals surface area contributed by atoms with E-state index in [0.29, 0.717) is 16.4 Å². The summed E-state index contributed by atoms with van der Waals surface area (Å²) in [5, 5.41) is 4.34. The van der Waals surface area contributed by atoms with Crippen LogP contribution in [0.5, 0.6) is 0 Å². The summed E-state index contributed by atoms with van der Waals surface area (Å²) in [5.41, 5.74) is 0. The first-order valence-electron chi connectivity index (χ1n) is 6.36. The summed E-state index contributed by atoms with van der Waals surface area (Å²) in [6.07, 6.45) is 8.97. The van der Waals surface area contributed by atoms with Gasteiger partial charge in [-0.15, -0.1) is 11.3 Å². The Morgan fingerprint density at radius 1 is 1.55 bits per heavy atom. The molecule has 104 valence electrons. The van der Waals surface area contributed by atoms with Gasteiger partial charge < -0.3 is 10.1 Å². The zero-order valence-corrected chi connectivity index (χ0v) is 12.2. The van der Waals surface area contributed by atoms with Crippen molar-refractivity contribution in [1.29, 1.82) is 0 Å². The Morgan fingerprint density at radius 3 is 3.20 bits per heavy atom. The van der Waals surface area contributed by atoms with Crippen molar-refractivity contribution in [1.82, 2.24) is 10.3 Å². The molecular weight excluding hydrogens is 296 g/mol. The van der Waals surface area contributed by atoms with E-state index < -0.39 is 0 Å². The zero-order chi connectivity index (χ0) is 13.9. The molecule has 0 radical (unpaired) electrons. The van der Waals surface area contributed by atoms with Crippen molar-refractivity contribution in [2.24, 2.45) is 0 Å². The molecule has 0 saturated heterocycles. The number of hydrogen-bond donors (Lipinski definition) is 1. The van der Waals surface area contributed by atoms with Crippen LogP contribution >= 0.6 is 22.9 Å². The van der Waals surface area contributed by atoms with E-state index in [1.807, 2.05) is 6.08 Å². The van der Waals surface area contributed by atoms with Crippen LogP contribution in [0.4, 0.5) is 0 Å². The highest BCUT2D eigenvalue weighted by Gasteiger charge is 2.15. The van der Waals surface area contributed by atoms with Gasteiger partial charge in [0.25, 0.3) is 5.91 Å². The molecule has 1 amide bonds. The van der Waals surface area contributed by atoms with Crippen LogP contribution in [0.3, 0.4) is 0 Å². The largest absolute Gasteiger partial charge is 0.497 e. The first-order valence-corrected chi connectivity index (χ1v) is 7.55. The number of amides is 1. The van der Waals surface area contributed by atoms with Crippen molar-refractivity contribution >= 4 is 38.9 Å². The van der Waals surface area contributed by atoms with Crippen molar-refractivity contribution in [2.75, 3.05) is 6.54 Å². The highest BCUT2D eigenvalue weighted by atomic mass is 35.5. The van der Waals surface area contributed by atoms with Crippen LogP contribution < -0.4 is 5.32 Å². The maximum atomic E-state index is 12.1. The topological polar surface area (TPSA) is 51.2 Å². The SMILES string of the molecule is O=C(NCC1CCC=CO1)c1cc2c(Cl)cncc2s1. The van der Waals surface area contributed by atoms with E-state index in [9.17, 15) is 4.79 Å². The van der Waals surface area contributed by atoms with E-state index in [0.717, 1.165) is 22.9 Å². The number of rotatable bonds is 3. The standard InChI is InChI=1S/C14H13ClN2O2S/c15-11-7-16-8-13-10(11)5-12(20-13)14(18)17-6-9-3-1-2-4-19-9/h2,4-5,7-9H,1,3,6H2,(H,17,18). The number of thiophene rings is 1. The number of carbonyl (C=O) groups excluding carboxylic acids is 1. The summed E-state index contributed by atoms with van der Waals surface area (Å²) in [6.45, 7) is 0.517. The lowest BCUT2D eigenvalue weighted by Gasteiger charge is -2.19. The van der Waals surface area contributed by atoms with E-state index in [-0.39, 0.29) is 12.0 Å². The van der Waals surface area contributed by atoms with Crippen LogP contribution in [0.15, 0.2) is 30.8 Å². The summed E-state index contributed by atoms with van der Waals surface area (Å²) in [7, 11) is 0. The molecule has 0 spiro atoms. The molecule has 20 heavy (non-hydrogen) atoms. The molecule has 2 aromatic heterocycles. The number of hydrogen-bond acceptors (Lipinski definition) is 4. The van der Waals surface area contributed by atoms with Gasteiger partial charge in [-0.1, -0.05) is 11.6 Å². The smallest absolute Gasteiger partial charge is 0.261 e. The van der Waals surface area contributed by atoms with Gasteiger partial charge in [0.1, 0.15) is 6.10 Å². The number of allylic oxidation sites excluding steroid dienone is 1. The van der Waals surface area contributed by atoms with Crippen LogP contribution in [0.25, 0.3) is 10.1 Å². The minimum absolute atomic E-state index is 0.0589. The molecule has 0 saturated carbocycles. The third-order valence-corrected chi connectivity index (χ3v) is 4.50. The minimum Gasteiger partial charge on any atom is -0.497 e. The van der Waals surface area contributed by atoms with Gasteiger partial charge in [-0.2, -0.15) is 0 Å². The monoisotopic (exact) mass is 308 g/mol. The van der Waals surface area contributed by atoms with E-state index >= 15 is 0 Å². The van der Waals surface area contributed by atoms with Crippen molar-refractivity contribution in [3.63, 3.8) is 0 Å². The lowest BCUT2D eigenvalue weighted by atomic mass is 10.1. The lowest BCUT2D eigenvalue weighted by Crippen LogP contribution is -2.33. The van der Waals surface area contributed by atoms with E-state index in [1.54, 1.807) is 24.7 Å². The molecule has 1 unspecified atom stereocenters. The van der Waals surface area contributed by atoms with Crippen LogP contribution in [0.2, 0.25) is 5.02 Å². The van der Waals surface area contributed by atoms with Gasteiger partial charge in [-0.3, -0.25) is 9.78 Å². The molecule has 1 aliphatic rings. The number of nitrogens with one attached hydrogen (secondary N) is 1. The van der Waals surface area contributed by atoms with Crippen LogP contribution in [-0.4, -0.2) is 23.5 Å². The Morgan fingerprint density at radius 2 is 2.45 bits per heavy atom. The van der Waals surface area contributed by atoms with Gasteiger partial charge >= 0.3 is 0 Å². The Hall–Kier alpha value is -1.59. The molecule has 2 aromatic rings. The van der Waals surface area contributed by atoms with Crippen molar-refractivity contribution in [3.8, 4) is 0 Å². The predicted molar refractivity (Wildman–Crippen MR) is 80.2 cm³/mol. The summed E-state index contributed by atoms with van der Waals surface area (Å²) < 4.78 is 6.34. The number of pyridine rings is 1. The molecule has 6 heteroatoms. The van der Waals surface area contributed by atoms with Gasteiger partial charge in [-0.05, 0) is 25.0 Å². The maximum absolute atomic E-state index is 12.1. The average Bonchev–Trinajstić information content (AvgIpc) is 2.91. The number of ether oxygens (including phenoxy) is 1. The van der Waals surface area contributed by atoms with Gasteiger partial charge in [0.15, 0.2) is 0 Å². The highest BCUT2D eigenvalue weighted by Crippen LogP contribution is 2.30. The minimum atomic E-state index is -0.0968. The average molecular weight is 309 g/mol. The van der Waals surface area contributed by atoms with Gasteiger partial charge in [0, 0.05) is 17.8 Å². The zero-order valence-electron chi connectivity index (χ0n) is 10.6. The second kappa shape index (κ2) is 5.81. The van der Waals surface area contributed by atoms with Crippen molar-refractivity contribution in [2.45, 2.75) is 18.9 Å². The van der Waals surface area contributed by atoms with Gasteiger partial charge in [0.2, 0.25) is 0 Å². The van der Waals surface area contributed by atoms with Crippen LogP contribution in [-0.2, 0) is 4.74 Å². The molecule has 0 aliphatic carbocycles. The quantitative estimate of drug-likeness (QED) is 0.946. The van der Waals surface area contributed by atoms with Gasteiger partial charge in [-0.25, -0.2) is 0 Å². The van der Waals surface area contributed by atoms with Gasteiger partial charge in [0.05, 0.1) is 27.4 Å². The second-order valence-corrected chi connectivity index (χ2v) is 6.05. The number of aromatic nitrogens is 1. The molecule has 4 nitrogen and oxygen atoms in total. The Kier molecular flexibility index (Phi) is 3.89. The van der Waals surface area contributed by atoms with Crippen molar-refractivity contribution < 1.29 is 9.53 Å². The van der Waals surface area contributed by atoms with Crippen molar-refractivity contribution in [3.05, 3.63) is 40.7 Å². The molecule has 0 aromatic carbocycles. The second-order valence-electron chi connectivity index (χ2n) is 4.56. The summed E-state index contributed by atoms with van der Waals surface area (Å²) in [5.74, 6) is -0.0968. The normalized spacial score (nSPS) is 17.9. The fourth-order valence-electron chi connectivity index (χ4n) is 2.07. The van der Waals surface area contributed by atoms with Crippen LogP contribution in [0.1, 0.15) is 22.5 Å². The highest BCUT2D eigenvalue weighted by molar-refractivity contribution is 7.20. The fourth-order valence-corrected chi connectivity index (χ4v) is 3.31. The predicted octanol–water partition coefficient (Wildman–Crippen LogP) is 3.37. The summed E-state index contributed by atoms with van der Waals surface area (Å²) in [4.78, 5) is 16.8. The molecule has 1 N–H and O–H groups in total. The summed E-state index contributed by atoms with van der Waals surface area (Å²) in [6, 6.07) is 1.81. The fraction of sp³-hybridized carbons (Fsp3) is 0.286. The first kappa shape index (κ1) is 13.4. The molecule has 3 heterocycles. The number of nitrogens with zero attached hydrogens (tertiary/aromatic N) is 1. The summed E-state index contributed by atoms with van der Waals surface area (Å²) >= 11 is 7.45. The number of fused-ring (bicyclic) bond motifs is 1. The molecule has 0 bridgehead atoms. The Bertz CT molecular complexity index is 668. The Balaban J connectivity index is 1.69. The third kappa shape index (κ3) is 2.78. The first-order chi connectivity index (χ1) is 9.74. The van der Waals surface area contributed by atoms with E-state index in [2.05, 4.69) is 10.3 Å². The molecule has 0 fully saturated rings. The molecule has 1 atom stereocenters. The number of halogens is 1. The van der Waals surface area contributed by atoms with Crippen LogP contribution in [0, 0.1) is 0 Å². The Labute approximate surface area is 125 Å². The molecular formula is C14H13ClN2O2S. The third-order valence-electron chi connectivity index (χ3n) is 3.13. The lowest BCUT2D eigenvalue weighted by molar-refractivity contribution is 0.0879. The maximum Gasteiger partial charge on any atom is 0.261 e. The molecule has 1 aliphatic heterocycles. The van der Waals surface area contributed by atoms with E-state index in [1.165, 1.54) is 11.3 Å².